The number of halogens is 2. The maximum Gasteiger partial charge on any atom is 0.232 e. The highest BCUT2D eigenvalue weighted by Gasteiger charge is 2.22. The van der Waals surface area contributed by atoms with Crippen LogP contribution in [0.4, 0.5) is 0 Å². The lowest BCUT2D eigenvalue weighted by Crippen LogP contribution is -2.41. The van der Waals surface area contributed by atoms with E-state index in [9.17, 15) is 4.79 Å². The summed E-state index contributed by atoms with van der Waals surface area (Å²) < 4.78 is 0. The van der Waals surface area contributed by atoms with Crippen LogP contribution in [0.25, 0.3) is 0 Å². The number of nitrogens with one attached hydrogen (secondary N) is 1. The number of nitrogens with zero attached hydrogens (tertiary/aromatic N) is 1. The van der Waals surface area contributed by atoms with Gasteiger partial charge >= 0.3 is 0 Å². The number of likely N-dealkylation sites (tertiary alicyclic amines) is 1. The minimum absolute atomic E-state index is 0.180. The van der Waals surface area contributed by atoms with Crippen LogP contribution in [0.2, 0.25) is 10.0 Å². The monoisotopic (exact) mass is 346 g/mol. The minimum atomic E-state index is 0.180. The summed E-state index contributed by atoms with van der Waals surface area (Å²) in [6.45, 7) is 2.75. The van der Waals surface area contributed by atoms with E-state index in [0.717, 1.165) is 37.4 Å². The summed E-state index contributed by atoms with van der Waals surface area (Å²) in [5.74, 6) is 1.28. The highest BCUT2D eigenvalue weighted by atomic mass is 35.5. The molecule has 6 heteroatoms. The Morgan fingerprint density at radius 1 is 1.38 bits per heavy atom. The van der Waals surface area contributed by atoms with E-state index in [0.29, 0.717) is 21.7 Å². The van der Waals surface area contributed by atoms with Crippen LogP contribution in [-0.2, 0) is 4.79 Å². The number of rotatable bonds is 5. The zero-order chi connectivity index (χ0) is 15.2. The van der Waals surface area contributed by atoms with Crippen molar-refractivity contribution in [2.75, 3.05) is 32.4 Å². The van der Waals surface area contributed by atoms with E-state index >= 15 is 0 Å². The topological polar surface area (TPSA) is 32.3 Å². The molecule has 0 spiro atoms. The molecule has 0 aromatic heterocycles. The molecule has 0 unspecified atom stereocenters. The van der Waals surface area contributed by atoms with Gasteiger partial charge in [0.25, 0.3) is 0 Å². The van der Waals surface area contributed by atoms with Gasteiger partial charge in [0.15, 0.2) is 0 Å². The van der Waals surface area contributed by atoms with Gasteiger partial charge in [-0.2, -0.15) is 0 Å². The quantitative estimate of drug-likeness (QED) is 0.827. The lowest BCUT2D eigenvalue weighted by Gasteiger charge is -2.32. The zero-order valence-electron chi connectivity index (χ0n) is 12.1. The third kappa shape index (κ3) is 5.06. The second kappa shape index (κ2) is 8.28. The van der Waals surface area contributed by atoms with Crippen LogP contribution < -0.4 is 5.32 Å². The van der Waals surface area contributed by atoms with E-state index in [1.54, 1.807) is 18.2 Å². The molecule has 1 aromatic carbocycles. The molecule has 0 saturated carbocycles. The van der Waals surface area contributed by atoms with Gasteiger partial charge in [0.05, 0.1) is 10.8 Å². The van der Waals surface area contributed by atoms with Crippen molar-refractivity contribution in [1.82, 2.24) is 10.2 Å². The van der Waals surface area contributed by atoms with Gasteiger partial charge in [0.2, 0.25) is 5.91 Å². The fraction of sp³-hybridized carbons (Fsp3) is 0.533. The Hall–Kier alpha value is -0.420. The molecule has 0 atom stereocenters. The van der Waals surface area contributed by atoms with Crippen LogP contribution in [0, 0.1) is 5.92 Å². The molecule has 1 N–H and O–H groups in total. The van der Waals surface area contributed by atoms with E-state index in [2.05, 4.69) is 5.32 Å². The van der Waals surface area contributed by atoms with Crippen molar-refractivity contribution in [1.29, 1.82) is 0 Å². The van der Waals surface area contributed by atoms with Crippen LogP contribution in [0.1, 0.15) is 12.8 Å². The molecule has 1 heterocycles. The molecule has 1 amide bonds. The molecule has 1 aromatic rings. The Morgan fingerprint density at radius 2 is 2.10 bits per heavy atom. The first-order valence-electron chi connectivity index (χ1n) is 7.10. The van der Waals surface area contributed by atoms with Crippen LogP contribution in [0.15, 0.2) is 23.1 Å². The van der Waals surface area contributed by atoms with E-state index in [1.165, 1.54) is 11.8 Å². The molecular weight excluding hydrogens is 327 g/mol. The third-order valence-corrected chi connectivity index (χ3v) is 5.42. The average Bonchev–Trinajstić information content (AvgIpc) is 2.49. The standard InChI is InChI=1S/C15H20Cl2N2OS/c1-18-9-11-4-6-19(7-5-11)15(20)10-21-14-8-12(16)2-3-13(14)17/h2-3,8,11,18H,4-7,9-10H2,1H3. The molecule has 0 bridgehead atoms. The van der Waals surface area contributed by atoms with Gasteiger partial charge < -0.3 is 10.2 Å². The van der Waals surface area contributed by atoms with Crippen LogP contribution in [0.3, 0.4) is 0 Å². The van der Waals surface area contributed by atoms with Gasteiger partial charge in [0, 0.05) is 23.0 Å². The van der Waals surface area contributed by atoms with E-state index in [1.807, 2.05) is 11.9 Å². The molecule has 1 fully saturated rings. The molecule has 0 radical (unpaired) electrons. The van der Waals surface area contributed by atoms with Gasteiger partial charge in [-0.05, 0) is 50.6 Å². The summed E-state index contributed by atoms with van der Waals surface area (Å²) >= 11 is 13.5. The van der Waals surface area contributed by atoms with Crippen molar-refractivity contribution < 1.29 is 4.79 Å². The zero-order valence-corrected chi connectivity index (χ0v) is 14.4. The van der Waals surface area contributed by atoms with Crippen LogP contribution >= 0.6 is 35.0 Å². The lowest BCUT2D eigenvalue weighted by molar-refractivity contribution is -0.129. The Bertz CT molecular complexity index is 491. The molecule has 116 valence electrons. The molecular formula is C15H20Cl2N2OS. The number of thioether (sulfide) groups is 1. The van der Waals surface area contributed by atoms with E-state index in [-0.39, 0.29) is 5.91 Å². The minimum Gasteiger partial charge on any atom is -0.342 e. The summed E-state index contributed by atoms with van der Waals surface area (Å²) in [5.41, 5.74) is 0. The molecule has 2 rings (SSSR count). The first-order valence-corrected chi connectivity index (χ1v) is 8.84. The number of hydrogen-bond donors (Lipinski definition) is 1. The smallest absolute Gasteiger partial charge is 0.232 e. The molecule has 1 aliphatic rings. The van der Waals surface area contributed by atoms with Crippen molar-refractivity contribution in [3.8, 4) is 0 Å². The third-order valence-electron chi connectivity index (χ3n) is 3.70. The van der Waals surface area contributed by atoms with Gasteiger partial charge in [-0.25, -0.2) is 0 Å². The number of carbonyl (C=O) groups is 1. The van der Waals surface area contributed by atoms with Gasteiger partial charge in [0.1, 0.15) is 0 Å². The summed E-state index contributed by atoms with van der Waals surface area (Å²) in [7, 11) is 1.98. The van der Waals surface area contributed by atoms with Crippen molar-refractivity contribution >= 4 is 40.9 Å². The fourth-order valence-corrected chi connectivity index (χ4v) is 3.89. The average molecular weight is 347 g/mol. The molecule has 1 aliphatic heterocycles. The van der Waals surface area contributed by atoms with Crippen molar-refractivity contribution in [3.05, 3.63) is 28.2 Å². The molecule has 3 nitrogen and oxygen atoms in total. The molecule has 0 aliphatic carbocycles. The highest BCUT2D eigenvalue weighted by molar-refractivity contribution is 8.00. The highest BCUT2D eigenvalue weighted by Crippen LogP contribution is 2.30. The second-order valence-electron chi connectivity index (χ2n) is 5.25. The Kier molecular flexibility index (Phi) is 6.68. The second-order valence-corrected chi connectivity index (χ2v) is 7.11. The van der Waals surface area contributed by atoms with Crippen LogP contribution in [0.5, 0.6) is 0 Å². The fourth-order valence-electron chi connectivity index (χ4n) is 2.49. The van der Waals surface area contributed by atoms with Crippen molar-refractivity contribution in [2.45, 2.75) is 17.7 Å². The first kappa shape index (κ1) is 16.9. The first-order chi connectivity index (χ1) is 10.1. The molecule has 21 heavy (non-hydrogen) atoms. The number of amides is 1. The van der Waals surface area contributed by atoms with Gasteiger partial charge in [-0.1, -0.05) is 23.2 Å². The van der Waals surface area contributed by atoms with Gasteiger partial charge in [-0.15, -0.1) is 11.8 Å². The number of carbonyl (C=O) groups excluding carboxylic acids is 1. The largest absolute Gasteiger partial charge is 0.342 e. The number of hydrogen-bond acceptors (Lipinski definition) is 3. The summed E-state index contributed by atoms with van der Waals surface area (Å²) in [4.78, 5) is 15.1. The maximum absolute atomic E-state index is 12.2. The van der Waals surface area contributed by atoms with Crippen molar-refractivity contribution in [2.24, 2.45) is 5.92 Å². The lowest BCUT2D eigenvalue weighted by atomic mass is 9.97. The predicted molar refractivity (Wildman–Crippen MR) is 90.4 cm³/mol. The number of piperidine rings is 1. The summed E-state index contributed by atoms with van der Waals surface area (Å²) in [6, 6.07) is 5.32. The summed E-state index contributed by atoms with van der Waals surface area (Å²) in [6.07, 6.45) is 2.16. The maximum atomic E-state index is 12.2. The predicted octanol–water partition coefficient (Wildman–Crippen LogP) is 3.54. The Morgan fingerprint density at radius 3 is 2.76 bits per heavy atom. The SMILES string of the molecule is CNCC1CCN(C(=O)CSc2cc(Cl)ccc2Cl)CC1. The summed E-state index contributed by atoms with van der Waals surface area (Å²) in [5, 5.41) is 4.49. The Balaban J connectivity index is 1.81. The van der Waals surface area contributed by atoms with E-state index < -0.39 is 0 Å². The van der Waals surface area contributed by atoms with Crippen molar-refractivity contribution in [3.63, 3.8) is 0 Å². The molecule has 1 saturated heterocycles. The van der Waals surface area contributed by atoms with Gasteiger partial charge in [-0.3, -0.25) is 4.79 Å². The normalized spacial score (nSPS) is 16.2. The Labute approximate surface area is 140 Å². The number of benzene rings is 1. The van der Waals surface area contributed by atoms with Crippen LogP contribution in [-0.4, -0.2) is 43.2 Å². The van der Waals surface area contributed by atoms with E-state index in [4.69, 9.17) is 23.2 Å².